The minimum atomic E-state index is -0.956. The SMILES string of the molecule is CC1CN(C(N)=NCCC2(F)CCC2)CCO1.I. The van der Waals surface area contributed by atoms with Crippen molar-refractivity contribution in [3.63, 3.8) is 0 Å². The molecule has 18 heavy (non-hydrogen) atoms. The van der Waals surface area contributed by atoms with Gasteiger partial charge in [0.05, 0.1) is 12.7 Å². The summed E-state index contributed by atoms with van der Waals surface area (Å²) in [5, 5.41) is 0. The molecule has 106 valence electrons. The van der Waals surface area contributed by atoms with Crippen LogP contribution in [0.1, 0.15) is 32.6 Å². The molecule has 2 fully saturated rings. The van der Waals surface area contributed by atoms with E-state index in [1.807, 2.05) is 11.8 Å². The number of alkyl halides is 1. The Morgan fingerprint density at radius 2 is 2.28 bits per heavy atom. The molecule has 1 saturated heterocycles. The van der Waals surface area contributed by atoms with Crippen molar-refractivity contribution < 1.29 is 9.13 Å². The van der Waals surface area contributed by atoms with Gasteiger partial charge in [0.15, 0.2) is 5.96 Å². The first-order valence-electron chi connectivity index (χ1n) is 6.44. The van der Waals surface area contributed by atoms with Crippen LogP contribution in [0.5, 0.6) is 0 Å². The number of aliphatic imine (C=N–C) groups is 1. The van der Waals surface area contributed by atoms with Crippen LogP contribution in [0.4, 0.5) is 4.39 Å². The number of ether oxygens (including phenoxy) is 1. The second-order valence-electron chi connectivity index (χ2n) is 5.12. The van der Waals surface area contributed by atoms with E-state index in [9.17, 15) is 4.39 Å². The van der Waals surface area contributed by atoms with E-state index < -0.39 is 5.67 Å². The molecule has 0 aromatic heterocycles. The van der Waals surface area contributed by atoms with Crippen molar-refractivity contribution in [3.8, 4) is 0 Å². The van der Waals surface area contributed by atoms with Gasteiger partial charge in [-0.3, -0.25) is 4.99 Å². The molecular formula is C12H23FIN3O. The van der Waals surface area contributed by atoms with E-state index in [1.54, 1.807) is 0 Å². The molecule has 0 aromatic carbocycles. The average Bonchev–Trinajstić information content (AvgIpc) is 2.26. The van der Waals surface area contributed by atoms with Crippen LogP contribution in [0.15, 0.2) is 4.99 Å². The molecule has 1 aliphatic heterocycles. The second-order valence-corrected chi connectivity index (χ2v) is 5.12. The maximum atomic E-state index is 13.7. The highest BCUT2D eigenvalue weighted by molar-refractivity contribution is 14.0. The predicted octanol–water partition coefficient (Wildman–Crippen LogP) is 1.92. The number of hydrogen-bond donors (Lipinski definition) is 1. The zero-order valence-corrected chi connectivity index (χ0v) is 13.2. The van der Waals surface area contributed by atoms with E-state index in [2.05, 4.69) is 4.99 Å². The van der Waals surface area contributed by atoms with Gasteiger partial charge >= 0.3 is 0 Å². The summed E-state index contributed by atoms with van der Waals surface area (Å²) in [6.07, 6.45) is 3.09. The number of guanidine groups is 1. The van der Waals surface area contributed by atoms with E-state index in [4.69, 9.17) is 10.5 Å². The van der Waals surface area contributed by atoms with Gasteiger partial charge in [0.2, 0.25) is 0 Å². The van der Waals surface area contributed by atoms with Gasteiger partial charge in [0, 0.05) is 26.1 Å². The number of morpholine rings is 1. The average molecular weight is 371 g/mol. The Bertz CT molecular complexity index is 297. The predicted molar refractivity (Wildman–Crippen MR) is 81.2 cm³/mol. The van der Waals surface area contributed by atoms with Gasteiger partial charge < -0.3 is 15.4 Å². The van der Waals surface area contributed by atoms with Crippen LogP contribution in [0.2, 0.25) is 0 Å². The summed E-state index contributed by atoms with van der Waals surface area (Å²) >= 11 is 0. The van der Waals surface area contributed by atoms with Crippen molar-refractivity contribution in [2.45, 2.75) is 44.4 Å². The highest BCUT2D eigenvalue weighted by Gasteiger charge is 2.36. The maximum absolute atomic E-state index is 13.7. The smallest absolute Gasteiger partial charge is 0.191 e. The molecule has 1 saturated carbocycles. The molecule has 1 unspecified atom stereocenters. The first-order valence-corrected chi connectivity index (χ1v) is 6.44. The molecule has 2 aliphatic rings. The van der Waals surface area contributed by atoms with E-state index in [0.717, 1.165) is 19.5 Å². The molecule has 1 aliphatic carbocycles. The minimum Gasteiger partial charge on any atom is -0.375 e. The largest absolute Gasteiger partial charge is 0.375 e. The normalized spacial score (nSPS) is 27.3. The number of hydrogen-bond acceptors (Lipinski definition) is 2. The lowest BCUT2D eigenvalue weighted by Gasteiger charge is -2.34. The molecule has 2 rings (SSSR count). The van der Waals surface area contributed by atoms with Gasteiger partial charge in [-0.1, -0.05) is 0 Å². The first kappa shape index (κ1) is 15.9. The van der Waals surface area contributed by atoms with E-state index in [0.29, 0.717) is 38.4 Å². The summed E-state index contributed by atoms with van der Waals surface area (Å²) < 4.78 is 19.1. The van der Waals surface area contributed by atoms with Gasteiger partial charge in [0.25, 0.3) is 0 Å². The summed E-state index contributed by atoms with van der Waals surface area (Å²) in [5.41, 5.74) is 4.94. The lowest BCUT2D eigenvalue weighted by atomic mass is 9.80. The van der Waals surface area contributed by atoms with Crippen LogP contribution in [-0.2, 0) is 4.74 Å². The highest BCUT2D eigenvalue weighted by Crippen LogP contribution is 2.38. The molecule has 1 heterocycles. The fourth-order valence-corrected chi connectivity index (χ4v) is 2.31. The third kappa shape index (κ3) is 4.22. The number of nitrogens with zero attached hydrogens (tertiary/aromatic N) is 2. The van der Waals surface area contributed by atoms with Crippen molar-refractivity contribution in [1.82, 2.24) is 4.90 Å². The second kappa shape index (κ2) is 6.88. The van der Waals surface area contributed by atoms with Crippen LogP contribution in [0.25, 0.3) is 0 Å². The molecule has 0 spiro atoms. The van der Waals surface area contributed by atoms with Crippen LogP contribution in [0, 0.1) is 0 Å². The van der Waals surface area contributed by atoms with Gasteiger partial charge in [-0.15, -0.1) is 24.0 Å². The number of halogens is 2. The van der Waals surface area contributed by atoms with Crippen LogP contribution < -0.4 is 5.73 Å². The molecule has 0 amide bonds. The maximum Gasteiger partial charge on any atom is 0.191 e. The third-order valence-electron chi connectivity index (χ3n) is 3.65. The lowest BCUT2D eigenvalue weighted by molar-refractivity contribution is 0.00518. The number of nitrogens with two attached hydrogens (primary N) is 1. The van der Waals surface area contributed by atoms with Gasteiger partial charge in [-0.25, -0.2) is 4.39 Å². The van der Waals surface area contributed by atoms with Gasteiger partial charge in [0.1, 0.15) is 5.67 Å². The lowest BCUT2D eigenvalue weighted by Crippen LogP contribution is -2.48. The Labute approximate surface area is 125 Å². The third-order valence-corrected chi connectivity index (χ3v) is 3.65. The summed E-state index contributed by atoms with van der Waals surface area (Å²) in [5.74, 6) is 0.531. The monoisotopic (exact) mass is 371 g/mol. The standard InChI is InChI=1S/C12H22FN3O.HI/c1-10-9-16(7-8-17-10)11(14)15-6-5-12(13)3-2-4-12;/h10H,2-9H2,1H3,(H2,14,15);1H. The Hall–Kier alpha value is -0.110. The molecule has 0 aromatic rings. The summed E-state index contributed by atoms with van der Waals surface area (Å²) in [4.78, 5) is 6.29. The zero-order chi connectivity index (χ0) is 12.3. The molecule has 1 atom stereocenters. The van der Waals surface area contributed by atoms with Gasteiger partial charge in [-0.05, 0) is 26.2 Å². The quantitative estimate of drug-likeness (QED) is 0.469. The van der Waals surface area contributed by atoms with E-state index in [1.165, 1.54) is 0 Å². The molecule has 0 radical (unpaired) electrons. The zero-order valence-electron chi connectivity index (χ0n) is 10.9. The van der Waals surface area contributed by atoms with Crippen molar-refractivity contribution in [1.29, 1.82) is 0 Å². The molecule has 6 heteroatoms. The molecule has 4 nitrogen and oxygen atoms in total. The fourth-order valence-electron chi connectivity index (χ4n) is 2.31. The molecule has 2 N–H and O–H groups in total. The van der Waals surface area contributed by atoms with E-state index >= 15 is 0 Å². The Kier molecular flexibility index (Phi) is 6.10. The Morgan fingerprint density at radius 3 is 2.83 bits per heavy atom. The Balaban J connectivity index is 0.00000162. The van der Waals surface area contributed by atoms with Crippen LogP contribution >= 0.6 is 24.0 Å². The van der Waals surface area contributed by atoms with Crippen LogP contribution in [0.3, 0.4) is 0 Å². The Morgan fingerprint density at radius 1 is 1.56 bits per heavy atom. The highest BCUT2D eigenvalue weighted by atomic mass is 127. The first-order chi connectivity index (χ1) is 8.09. The van der Waals surface area contributed by atoms with Gasteiger partial charge in [-0.2, -0.15) is 0 Å². The topological polar surface area (TPSA) is 50.8 Å². The number of rotatable bonds is 3. The van der Waals surface area contributed by atoms with Crippen molar-refractivity contribution in [3.05, 3.63) is 0 Å². The van der Waals surface area contributed by atoms with E-state index in [-0.39, 0.29) is 30.1 Å². The summed E-state index contributed by atoms with van der Waals surface area (Å²) in [6, 6.07) is 0. The fraction of sp³-hybridized carbons (Fsp3) is 0.917. The molecule has 0 bridgehead atoms. The minimum absolute atomic E-state index is 0. The molecular weight excluding hydrogens is 348 g/mol. The van der Waals surface area contributed by atoms with Crippen LogP contribution in [-0.4, -0.2) is 48.9 Å². The van der Waals surface area contributed by atoms with Crippen molar-refractivity contribution in [2.24, 2.45) is 10.7 Å². The van der Waals surface area contributed by atoms with Crippen molar-refractivity contribution in [2.75, 3.05) is 26.2 Å². The summed E-state index contributed by atoms with van der Waals surface area (Å²) in [6.45, 7) is 4.75. The summed E-state index contributed by atoms with van der Waals surface area (Å²) in [7, 11) is 0. The van der Waals surface area contributed by atoms with Crippen molar-refractivity contribution >= 4 is 29.9 Å².